The molecule has 1 aliphatic heterocycles. The summed E-state index contributed by atoms with van der Waals surface area (Å²) < 4.78 is 0. The van der Waals surface area contributed by atoms with Crippen molar-refractivity contribution < 1.29 is 14.4 Å². The number of nitrogens with zero attached hydrogens (tertiary/aromatic N) is 2. The Morgan fingerprint density at radius 1 is 1.22 bits per heavy atom. The highest BCUT2D eigenvalue weighted by molar-refractivity contribution is 5.98. The van der Waals surface area contributed by atoms with E-state index in [0.29, 0.717) is 30.9 Å². The van der Waals surface area contributed by atoms with Gasteiger partial charge in [-0.05, 0) is 38.1 Å². The Kier molecular flexibility index (Phi) is 6.93. The molecule has 1 atom stereocenters. The number of carbonyl (C=O) groups is 3. The van der Waals surface area contributed by atoms with Crippen LogP contribution < -0.4 is 5.32 Å². The zero-order chi connectivity index (χ0) is 20.0. The topological polar surface area (TPSA) is 69.7 Å². The van der Waals surface area contributed by atoms with Gasteiger partial charge in [-0.1, -0.05) is 12.2 Å². The molecule has 0 radical (unpaired) electrons. The summed E-state index contributed by atoms with van der Waals surface area (Å²) in [7, 11) is 0. The minimum absolute atomic E-state index is 0.00984. The molecule has 1 aliphatic rings. The smallest absolute Gasteiger partial charge is 0.254 e. The maximum absolute atomic E-state index is 12.5. The van der Waals surface area contributed by atoms with Crippen LogP contribution in [0.25, 0.3) is 0 Å². The fourth-order valence-corrected chi connectivity index (χ4v) is 3.08. The van der Waals surface area contributed by atoms with Gasteiger partial charge in [-0.25, -0.2) is 0 Å². The lowest BCUT2D eigenvalue weighted by molar-refractivity contribution is -0.129. The van der Waals surface area contributed by atoms with E-state index in [4.69, 9.17) is 0 Å². The molecule has 1 unspecified atom stereocenters. The number of anilines is 1. The predicted molar refractivity (Wildman–Crippen MR) is 106 cm³/mol. The number of hydrogen-bond acceptors (Lipinski definition) is 3. The first-order valence-electron chi connectivity index (χ1n) is 9.08. The van der Waals surface area contributed by atoms with Crippen LogP contribution in [0.2, 0.25) is 0 Å². The van der Waals surface area contributed by atoms with E-state index in [0.717, 1.165) is 0 Å². The van der Waals surface area contributed by atoms with E-state index in [1.54, 1.807) is 46.2 Å². The van der Waals surface area contributed by atoms with Crippen molar-refractivity contribution in [2.75, 3.05) is 25.0 Å². The third kappa shape index (κ3) is 5.06. The Morgan fingerprint density at radius 3 is 2.30 bits per heavy atom. The Balaban J connectivity index is 2.00. The van der Waals surface area contributed by atoms with E-state index in [-0.39, 0.29) is 36.1 Å². The van der Waals surface area contributed by atoms with Gasteiger partial charge in [-0.3, -0.25) is 14.4 Å². The van der Waals surface area contributed by atoms with Crippen LogP contribution >= 0.6 is 0 Å². The molecule has 27 heavy (non-hydrogen) atoms. The number of carbonyl (C=O) groups excluding carboxylic acids is 3. The van der Waals surface area contributed by atoms with E-state index in [2.05, 4.69) is 18.5 Å². The normalized spacial score (nSPS) is 16.3. The first-order valence-corrected chi connectivity index (χ1v) is 9.08. The minimum atomic E-state index is -0.350. The molecule has 2 rings (SSSR count). The molecule has 0 saturated carbocycles. The summed E-state index contributed by atoms with van der Waals surface area (Å²) in [5.41, 5.74) is 1.13. The van der Waals surface area contributed by atoms with Gasteiger partial charge in [0.25, 0.3) is 5.91 Å². The Hall–Kier alpha value is -2.89. The molecule has 0 bridgehead atoms. The van der Waals surface area contributed by atoms with Gasteiger partial charge in [0.1, 0.15) is 0 Å². The van der Waals surface area contributed by atoms with Crippen molar-refractivity contribution in [3.8, 4) is 0 Å². The monoisotopic (exact) mass is 369 g/mol. The van der Waals surface area contributed by atoms with Crippen LogP contribution in [-0.4, -0.2) is 53.2 Å². The Labute approximate surface area is 160 Å². The second kappa shape index (κ2) is 9.16. The molecule has 0 spiro atoms. The van der Waals surface area contributed by atoms with Crippen molar-refractivity contribution >= 4 is 23.4 Å². The van der Waals surface area contributed by atoms with Gasteiger partial charge in [-0.15, -0.1) is 13.2 Å². The van der Waals surface area contributed by atoms with Crippen LogP contribution in [0.1, 0.15) is 30.6 Å². The zero-order valence-electron chi connectivity index (χ0n) is 16.0. The van der Waals surface area contributed by atoms with Crippen LogP contribution in [0.3, 0.4) is 0 Å². The van der Waals surface area contributed by atoms with Crippen LogP contribution in [-0.2, 0) is 9.59 Å². The van der Waals surface area contributed by atoms with Crippen molar-refractivity contribution in [1.29, 1.82) is 0 Å². The van der Waals surface area contributed by atoms with Gasteiger partial charge in [0.15, 0.2) is 0 Å². The molecule has 1 heterocycles. The quantitative estimate of drug-likeness (QED) is 0.716. The first-order chi connectivity index (χ1) is 12.9. The second-order valence-electron chi connectivity index (χ2n) is 6.89. The van der Waals surface area contributed by atoms with Crippen molar-refractivity contribution in [2.24, 2.45) is 5.92 Å². The summed E-state index contributed by atoms with van der Waals surface area (Å²) in [6.07, 6.45) is 3.57. The van der Waals surface area contributed by atoms with E-state index in [9.17, 15) is 14.4 Å². The first kappa shape index (κ1) is 20.4. The number of hydrogen-bond donors (Lipinski definition) is 1. The average molecular weight is 369 g/mol. The second-order valence-corrected chi connectivity index (χ2v) is 6.89. The number of rotatable bonds is 8. The van der Waals surface area contributed by atoms with Gasteiger partial charge in [0.2, 0.25) is 11.8 Å². The lowest BCUT2D eigenvalue weighted by Gasteiger charge is -2.21. The van der Waals surface area contributed by atoms with Crippen molar-refractivity contribution in [3.05, 3.63) is 55.1 Å². The lowest BCUT2D eigenvalue weighted by atomic mass is 10.1. The van der Waals surface area contributed by atoms with Crippen molar-refractivity contribution in [2.45, 2.75) is 26.3 Å². The standard InChI is InChI=1S/C21H27N3O3/c1-5-11-23(12-6-2)21(27)16-7-9-18(10-8-16)22-20(26)17-13-19(25)24(14-17)15(3)4/h5-10,15,17H,1-2,11-14H2,3-4H3,(H,22,26). The number of amides is 3. The van der Waals surface area contributed by atoms with Crippen molar-refractivity contribution in [1.82, 2.24) is 9.80 Å². The average Bonchev–Trinajstić information content (AvgIpc) is 3.04. The summed E-state index contributed by atoms with van der Waals surface area (Å²) in [5, 5.41) is 2.83. The van der Waals surface area contributed by atoms with Gasteiger partial charge in [-0.2, -0.15) is 0 Å². The van der Waals surface area contributed by atoms with Crippen molar-refractivity contribution in [3.63, 3.8) is 0 Å². The van der Waals surface area contributed by atoms with E-state index < -0.39 is 0 Å². The van der Waals surface area contributed by atoms with Gasteiger partial charge in [0.05, 0.1) is 5.92 Å². The number of benzene rings is 1. The third-order valence-corrected chi connectivity index (χ3v) is 4.54. The van der Waals surface area contributed by atoms with Gasteiger partial charge in [0, 0.05) is 43.3 Å². The molecule has 6 heteroatoms. The molecule has 0 aliphatic carbocycles. The molecule has 1 fully saturated rings. The molecule has 3 amide bonds. The molecule has 6 nitrogen and oxygen atoms in total. The Bertz CT molecular complexity index is 715. The highest BCUT2D eigenvalue weighted by atomic mass is 16.2. The molecule has 0 aromatic heterocycles. The number of likely N-dealkylation sites (tertiary alicyclic amines) is 1. The molecular formula is C21H27N3O3. The maximum atomic E-state index is 12.5. The highest BCUT2D eigenvalue weighted by Gasteiger charge is 2.35. The number of nitrogens with one attached hydrogen (secondary N) is 1. The summed E-state index contributed by atoms with van der Waals surface area (Å²) >= 11 is 0. The van der Waals surface area contributed by atoms with E-state index in [1.807, 2.05) is 13.8 Å². The van der Waals surface area contributed by atoms with Gasteiger partial charge >= 0.3 is 0 Å². The molecule has 1 aromatic rings. The molecular weight excluding hydrogens is 342 g/mol. The summed E-state index contributed by atoms with van der Waals surface area (Å²) in [5.74, 6) is -0.639. The third-order valence-electron chi connectivity index (χ3n) is 4.54. The molecule has 1 N–H and O–H groups in total. The zero-order valence-corrected chi connectivity index (χ0v) is 16.0. The van der Waals surface area contributed by atoms with Crippen LogP contribution in [0.5, 0.6) is 0 Å². The lowest BCUT2D eigenvalue weighted by Crippen LogP contribution is -2.33. The van der Waals surface area contributed by atoms with Crippen LogP contribution in [0.4, 0.5) is 5.69 Å². The molecule has 1 aromatic carbocycles. The predicted octanol–water partition coefficient (Wildman–Crippen LogP) is 2.70. The molecule has 144 valence electrons. The summed E-state index contributed by atoms with van der Waals surface area (Å²) in [6, 6.07) is 6.84. The fourth-order valence-electron chi connectivity index (χ4n) is 3.08. The summed E-state index contributed by atoms with van der Waals surface area (Å²) in [4.78, 5) is 40.2. The SMILES string of the molecule is C=CCN(CC=C)C(=O)c1ccc(NC(=O)C2CC(=O)N(C(C)C)C2)cc1. The Morgan fingerprint density at radius 2 is 1.81 bits per heavy atom. The minimum Gasteiger partial charge on any atom is -0.339 e. The van der Waals surface area contributed by atoms with Crippen LogP contribution in [0, 0.1) is 5.92 Å². The largest absolute Gasteiger partial charge is 0.339 e. The van der Waals surface area contributed by atoms with Gasteiger partial charge < -0.3 is 15.1 Å². The highest BCUT2D eigenvalue weighted by Crippen LogP contribution is 2.22. The van der Waals surface area contributed by atoms with E-state index >= 15 is 0 Å². The fraction of sp³-hybridized carbons (Fsp3) is 0.381. The van der Waals surface area contributed by atoms with E-state index in [1.165, 1.54) is 0 Å². The van der Waals surface area contributed by atoms with Crippen LogP contribution in [0.15, 0.2) is 49.6 Å². The summed E-state index contributed by atoms with van der Waals surface area (Å²) in [6.45, 7) is 12.5. The molecule has 1 saturated heterocycles. The maximum Gasteiger partial charge on any atom is 0.254 e.